The summed E-state index contributed by atoms with van der Waals surface area (Å²) < 4.78 is 0. The average molecular weight is 723 g/mol. The predicted octanol–water partition coefficient (Wildman–Crippen LogP) is -9.17. The van der Waals surface area contributed by atoms with Gasteiger partial charge >= 0.3 is 0 Å². The summed E-state index contributed by atoms with van der Waals surface area (Å²) in [7, 11) is 2.13. The highest BCUT2D eigenvalue weighted by Crippen LogP contribution is 2.23. The second-order valence-electron chi connectivity index (χ2n) is 11.0. The molecule has 1 fully saturated rings. The number of hydrogen-bond donors (Lipinski definition) is 9. The van der Waals surface area contributed by atoms with Crippen molar-refractivity contribution in [2.75, 3.05) is 50.8 Å². The van der Waals surface area contributed by atoms with Gasteiger partial charge in [0.15, 0.2) is 0 Å². The molecule has 0 saturated carbocycles. The molecule has 0 bridgehead atoms. The van der Waals surface area contributed by atoms with E-state index in [2.05, 4.69) is 48.7 Å². The van der Waals surface area contributed by atoms with Gasteiger partial charge in [0.05, 0.1) is 38.1 Å². The van der Waals surface area contributed by atoms with E-state index in [0.717, 1.165) is 47.5 Å². The van der Waals surface area contributed by atoms with Gasteiger partial charge in [0.1, 0.15) is 24.2 Å². The van der Waals surface area contributed by atoms with Gasteiger partial charge in [-0.25, -0.2) is 0 Å². The van der Waals surface area contributed by atoms with Crippen LogP contribution in [0, 0.1) is 0 Å². The lowest BCUT2D eigenvalue weighted by Gasteiger charge is -2.20. The summed E-state index contributed by atoms with van der Waals surface area (Å²) in [5, 5.41) is 39.4. The molecule has 1 heterocycles. The van der Waals surface area contributed by atoms with Crippen LogP contribution < -0.4 is 58.9 Å². The number of aliphatic carboxylic acids is 2. The Kier molecular flexibility index (Phi) is 21.6. The van der Waals surface area contributed by atoms with E-state index in [1.807, 2.05) is 0 Å². The molecular formula is C27H48N9O10S2+. The highest BCUT2D eigenvalue weighted by atomic mass is 33.1. The predicted molar refractivity (Wildman–Crippen MR) is 168 cm³/mol. The topological polar surface area (TPSA) is 327 Å². The lowest BCUT2D eigenvalue weighted by Crippen LogP contribution is -2.84. The number of nitrogens with two attached hydrogens (primary N) is 1. The molecule has 21 heteroatoms. The summed E-state index contributed by atoms with van der Waals surface area (Å²) in [4.78, 5) is 97.4. The molecule has 0 aromatic heterocycles. The number of nitrogens with one attached hydrogen (secondary N) is 6. The highest BCUT2D eigenvalue weighted by Gasteiger charge is 2.25. The van der Waals surface area contributed by atoms with Gasteiger partial charge in [-0.2, -0.15) is 0 Å². The Labute approximate surface area is 285 Å². The third kappa shape index (κ3) is 19.9. The van der Waals surface area contributed by atoms with Crippen LogP contribution in [0.5, 0.6) is 0 Å². The van der Waals surface area contributed by atoms with Gasteiger partial charge in [0, 0.05) is 56.7 Å². The molecule has 272 valence electrons. The Morgan fingerprint density at radius 2 is 1.12 bits per heavy atom. The number of amides is 6. The number of hydrogen-bond acceptors (Lipinski definition) is 12. The zero-order valence-electron chi connectivity index (χ0n) is 26.8. The van der Waals surface area contributed by atoms with Crippen molar-refractivity contribution >= 4 is 69.0 Å². The zero-order chi connectivity index (χ0) is 35.9. The standard InChI is InChI=1S/C27H47N9O10S2/c28-16(26(43)44)4-6-20(37)35-18-14-47-48-15-19(36-21(38)7-5-17(29)27(45)46)25(42)34-13-23(40)32-11-3-9-30-8-1-2-10-31-22(39)12-33-24(18)41/h16-19,30H,1-15,28-29H2,(H,31,39)(H,32,40)(H,33,41)(H,34,42)(H,35,37)(H,36,38)(H,43,44)(H,45,46)/p+1/t16-,17-,18-,19-/m0/s1. The number of rotatable bonds is 10. The highest BCUT2D eigenvalue weighted by molar-refractivity contribution is 8.76. The van der Waals surface area contributed by atoms with Gasteiger partial charge in [-0.1, -0.05) is 21.6 Å². The Hall–Kier alpha value is -3.66. The monoisotopic (exact) mass is 722 g/mol. The largest absolute Gasteiger partial charge is 0.544 e. The second-order valence-corrected chi connectivity index (χ2v) is 13.5. The maximum absolute atomic E-state index is 13.0. The van der Waals surface area contributed by atoms with E-state index in [-0.39, 0.29) is 50.3 Å². The Morgan fingerprint density at radius 1 is 0.708 bits per heavy atom. The molecule has 0 aromatic carbocycles. The molecular weight excluding hydrogens is 674 g/mol. The third-order valence-electron chi connectivity index (χ3n) is 6.87. The summed E-state index contributed by atoms with van der Waals surface area (Å²) in [5.41, 5.74) is 6.79. The molecule has 0 unspecified atom stereocenters. The Balaban J connectivity index is 2.98. The minimum Gasteiger partial charge on any atom is -0.544 e. The van der Waals surface area contributed by atoms with Crippen LogP contribution in [0.25, 0.3) is 0 Å². The Morgan fingerprint density at radius 3 is 1.56 bits per heavy atom. The van der Waals surface area contributed by atoms with Crippen molar-refractivity contribution in [2.24, 2.45) is 0 Å². The summed E-state index contributed by atoms with van der Waals surface area (Å²) >= 11 is 0. The van der Waals surface area contributed by atoms with Crippen LogP contribution in [0.2, 0.25) is 0 Å². The molecule has 1 rings (SSSR count). The fraction of sp³-hybridized carbons (Fsp3) is 0.704. The normalized spacial score (nSPS) is 21.5. The van der Waals surface area contributed by atoms with E-state index in [1.54, 1.807) is 0 Å². The first-order valence-electron chi connectivity index (χ1n) is 15.6. The first kappa shape index (κ1) is 42.4. The minimum atomic E-state index is -1.42. The van der Waals surface area contributed by atoms with Crippen LogP contribution in [-0.4, -0.2) is 122 Å². The van der Waals surface area contributed by atoms with E-state index in [4.69, 9.17) is 0 Å². The van der Waals surface area contributed by atoms with E-state index in [9.17, 15) is 48.6 Å². The maximum atomic E-state index is 13.0. The molecule has 19 nitrogen and oxygen atoms in total. The van der Waals surface area contributed by atoms with Crippen LogP contribution in [0.15, 0.2) is 0 Å². The molecule has 0 spiro atoms. The van der Waals surface area contributed by atoms with Crippen molar-refractivity contribution in [3.8, 4) is 0 Å². The number of quaternary nitrogens is 3. The average Bonchev–Trinajstić information content (AvgIpc) is 3.04. The van der Waals surface area contributed by atoms with Gasteiger partial charge in [-0.3, -0.25) is 28.8 Å². The van der Waals surface area contributed by atoms with Crippen molar-refractivity contribution < 1.29 is 65.4 Å². The van der Waals surface area contributed by atoms with Crippen molar-refractivity contribution in [1.29, 1.82) is 0 Å². The summed E-state index contributed by atoms with van der Waals surface area (Å²) in [6, 6.07) is -4.58. The molecule has 14 N–H and O–H groups in total. The molecule has 0 aromatic rings. The van der Waals surface area contributed by atoms with Crippen LogP contribution >= 0.6 is 21.6 Å². The fourth-order valence-electron chi connectivity index (χ4n) is 3.94. The molecule has 6 amide bonds. The van der Waals surface area contributed by atoms with Crippen LogP contribution in [-0.2, 0) is 38.4 Å². The second kappa shape index (κ2) is 24.5. The number of carboxylic acid groups (broad SMARTS) is 2. The number of carbonyl (C=O) groups excluding carboxylic acids is 8. The van der Waals surface area contributed by atoms with Gasteiger partial charge in [0.25, 0.3) is 0 Å². The van der Waals surface area contributed by atoms with Gasteiger partial charge in [0.2, 0.25) is 35.4 Å². The quantitative estimate of drug-likeness (QED) is 0.0950. The van der Waals surface area contributed by atoms with E-state index >= 15 is 0 Å². The van der Waals surface area contributed by atoms with Gasteiger partial charge in [-0.15, -0.1) is 0 Å². The maximum Gasteiger partial charge on any atom is 0.243 e. The molecule has 1 aliphatic rings. The fourth-order valence-corrected chi connectivity index (χ4v) is 6.27. The molecule has 1 aliphatic heterocycles. The lowest BCUT2D eigenvalue weighted by atomic mass is 10.1. The van der Waals surface area contributed by atoms with Crippen molar-refractivity contribution in [1.82, 2.24) is 31.9 Å². The summed E-state index contributed by atoms with van der Waals surface area (Å²) in [6.45, 7) is 1.68. The van der Waals surface area contributed by atoms with E-state index in [1.165, 1.54) is 0 Å². The molecule has 1 saturated heterocycles. The smallest absolute Gasteiger partial charge is 0.243 e. The van der Waals surface area contributed by atoms with Crippen molar-refractivity contribution in [3.63, 3.8) is 0 Å². The Bertz CT molecular complexity index is 1030. The zero-order valence-corrected chi connectivity index (χ0v) is 28.4. The molecule has 0 radical (unpaired) electrons. The van der Waals surface area contributed by atoms with E-state index < -0.39 is 71.5 Å². The first-order chi connectivity index (χ1) is 22.8. The SMILES string of the molecule is [NH3+][C@@H](CCC(=O)N[C@H]1CSSC[C@H](NC(=O)CC[C@H]([NH3+])C(=O)[O-])C(=O)NCC(=O)NCCC[NH2+]CCCCNC(=O)CNC1=O)C(=O)[O-]. The van der Waals surface area contributed by atoms with Gasteiger partial charge in [-0.05, 0) is 12.8 Å². The third-order valence-corrected chi connectivity index (χ3v) is 9.30. The van der Waals surface area contributed by atoms with Crippen LogP contribution in [0.3, 0.4) is 0 Å². The minimum absolute atomic E-state index is 0.0475. The summed E-state index contributed by atoms with van der Waals surface area (Å²) in [5.74, 6) is -6.41. The summed E-state index contributed by atoms with van der Waals surface area (Å²) in [6.07, 6.45) is 1.47. The number of carbonyl (C=O) groups is 8. The van der Waals surface area contributed by atoms with Crippen molar-refractivity contribution in [2.45, 2.75) is 69.1 Å². The molecule has 48 heavy (non-hydrogen) atoms. The first-order valence-corrected chi connectivity index (χ1v) is 18.1. The van der Waals surface area contributed by atoms with Gasteiger partial charge < -0.3 is 68.5 Å². The molecule has 0 aliphatic carbocycles. The lowest BCUT2D eigenvalue weighted by molar-refractivity contribution is -0.655. The molecule has 4 atom stereocenters. The van der Waals surface area contributed by atoms with E-state index in [0.29, 0.717) is 19.5 Å². The van der Waals surface area contributed by atoms with Crippen LogP contribution in [0.4, 0.5) is 0 Å². The van der Waals surface area contributed by atoms with Crippen LogP contribution in [0.1, 0.15) is 44.9 Å². The van der Waals surface area contributed by atoms with Crippen molar-refractivity contribution in [3.05, 3.63) is 0 Å². The number of carboxylic acids is 2.